The highest BCUT2D eigenvalue weighted by Crippen LogP contribution is 2.22. The summed E-state index contributed by atoms with van der Waals surface area (Å²) in [5.74, 6) is 0.882. The molecule has 2 aromatic carbocycles. The van der Waals surface area contributed by atoms with Crippen LogP contribution in [0.3, 0.4) is 0 Å². The molecule has 0 aliphatic carbocycles. The second kappa shape index (κ2) is 7.75. The van der Waals surface area contributed by atoms with Crippen LogP contribution in [-0.4, -0.2) is 17.4 Å². The first-order valence-electron chi connectivity index (χ1n) is 7.79. The Labute approximate surface area is 145 Å². The van der Waals surface area contributed by atoms with E-state index in [1.54, 1.807) is 17.6 Å². The van der Waals surface area contributed by atoms with E-state index in [9.17, 15) is 0 Å². The topological polar surface area (TPSA) is 38.9 Å². The van der Waals surface area contributed by atoms with Gasteiger partial charge in [0.15, 0.2) is 0 Å². The molecule has 4 nitrogen and oxygen atoms in total. The van der Waals surface area contributed by atoms with Crippen LogP contribution in [-0.2, 0) is 7.05 Å². The van der Waals surface area contributed by atoms with Crippen LogP contribution >= 0.6 is 11.3 Å². The Morgan fingerprint density at radius 1 is 1.17 bits per heavy atom. The number of aromatic nitrogens is 1. The molecule has 3 aromatic rings. The van der Waals surface area contributed by atoms with Crippen LogP contribution in [0.15, 0.2) is 64.8 Å². The second-order valence-corrected chi connectivity index (χ2v) is 6.15. The third kappa shape index (κ3) is 3.81. The Morgan fingerprint density at radius 2 is 2.00 bits per heavy atom. The third-order valence-electron chi connectivity index (χ3n) is 3.48. The summed E-state index contributed by atoms with van der Waals surface area (Å²) in [5.41, 5.74) is 2.26. The lowest BCUT2D eigenvalue weighted by molar-refractivity contribution is 0.341. The molecule has 1 heterocycles. The predicted octanol–water partition coefficient (Wildman–Crippen LogP) is 4.24. The Kier molecular flexibility index (Phi) is 5.23. The zero-order chi connectivity index (χ0) is 16.8. The molecular weight excluding hydrogens is 318 g/mol. The van der Waals surface area contributed by atoms with Gasteiger partial charge in [-0.1, -0.05) is 47.7 Å². The first-order chi connectivity index (χ1) is 11.8. The van der Waals surface area contributed by atoms with Crippen LogP contribution in [0.25, 0.3) is 16.3 Å². The minimum atomic E-state index is 0.665. The van der Waals surface area contributed by atoms with Crippen molar-refractivity contribution in [2.75, 3.05) is 6.61 Å². The first kappa shape index (κ1) is 16.2. The van der Waals surface area contributed by atoms with Crippen LogP contribution in [0.4, 0.5) is 0 Å². The van der Waals surface area contributed by atoms with Gasteiger partial charge in [0.2, 0.25) is 4.80 Å². The van der Waals surface area contributed by atoms with Crippen molar-refractivity contribution in [2.24, 2.45) is 17.3 Å². The summed E-state index contributed by atoms with van der Waals surface area (Å²) in [6, 6.07) is 16.2. The van der Waals surface area contributed by atoms with E-state index in [1.807, 2.05) is 73.2 Å². The Bertz CT molecular complexity index is 936. The van der Waals surface area contributed by atoms with Gasteiger partial charge in [0.1, 0.15) is 5.75 Å². The van der Waals surface area contributed by atoms with Gasteiger partial charge in [0, 0.05) is 13.3 Å². The molecule has 122 valence electrons. The summed E-state index contributed by atoms with van der Waals surface area (Å²) in [6.45, 7) is 2.65. The SMILES string of the molecule is CCOc1ccc2c(c1)sc(=NN=CC=Cc1ccccc1)n2C. The van der Waals surface area contributed by atoms with Crippen LogP contribution in [0.1, 0.15) is 12.5 Å². The monoisotopic (exact) mass is 337 g/mol. The summed E-state index contributed by atoms with van der Waals surface area (Å²) in [6.07, 6.45) is 5.58. The van der Waals surface area contributed by atoms with Gasteiger partial charge in [-0.15, -0.1) is 5.10 Å². The molecule has 0 unspecified atom stereocenters. The molecule has 0 fully saturated rings. The predicted molar refractivity (Wildman–Crippen MR) is 101 cm³/mol. The van der Waals surface area contributed by atoms with E-state index < -0.39 is 0 Å². The van der Waals surface area contributed by atoms with Crippen molar-refractivity contribution in [1.82, 2.24) is 4.57 Å². The van der Waals surface area contributed by atoms with Crippen LogP contribution < -0.4 is 9.54 Å². The molecule has 3 rings (SSSR count). The standard InChI is InChI=1S/C19H19N3OS/c1-3-23-16-11-12-17-18(14-16)24-19(22(17)2)21-20-13-7-10-15-8-5-4-6-9-15/h4-14H,3H2,1-2H3. The molecule has 1 aromatic heterocycles. The maximum atomic E-state index is 5.55. The molecular formula is C19H19N3OS. The van der Waals surface area contributed by atoms with Gasteiger partial charge in [-0.25, -0.2) is 0 Å². The van der Waals surface area contributed by atoms with Crippen molar-refractivity contribution in [3.05, 3.63) is 65.0 Å². The number of thiazole rings is 1. The lowest BCUT2D eigenvalue weighted by Gasteiger charge is -2.02. The molecule has 0 saturated heterocycles. The van der Waals surface area contributed by atoms with E-state index in [4.69, 9.17) is 4.74 Å². The van der Waals surface area contributed by atoms with Gasteiger partial charge in [-0.05, 0) is 36.8 Å². The number of ether oxygens (including phenoxy) is 1. The van der Waals surface area contributed by atoms with E-state index in [2.05, 4.69) is 16.3 Å². The van der Waals surface area contributed by atoms with E-state index in [1.165, 1.54) is 0 Å². The molecule has 0 aliphatic heterocycles. The molecule has 0 amide bonds. The molecule has 0 radical (unpaired) electrons. The van der Waals surface area contributed by atoms with Gasteiger partial charge < -0.3 is 9.30 Å². The smallest absolute Gasteiger partial charge is 0.211 e. The summed E-state index contributed by atoms with van der Waals surface area (Å²) in [5, 5.41) is 8.45. The van der Waals surface area contributed by atoms with Gasteiger partial charge in [-0.3, -0.25) is 0 Å². The number of nitrogens with zero attached hydrogens (tertiary/aromatic N) is 3. The molecule has 0 atom stereocenters. The number of aryl methyl sites for hydroxylation is 1. The summed E-state index contributed by atoms with van der Waals surface area (Å²) in [4.78, 5) is 0.850. The third-order valence-corrected chi connectivity index (χ3v) is 4.56. The van der Waals surface area contributed by atoms with Gasteiger partial charge in [0.05, 0.1) is 16.8 Å². The number of allylic oxidation sites excluding steroid dienone is 1. The largest absolute Gasteiger partial charge is 0.494 e. The van der Waals surface area contributed by atoms with Gasteiger partial charge in [0.25, 0.3) is 0 Å². The normalized spacial score (nSPS) is 12.7. The molecule has 0 saturated carbocycles. The van der Waals surface area contributed by atoms with Crippen LogP contribution in [0.5, 0.6) is 5.75 Å². The average Bonchev–Trinajstić information content (AvgIpc) is 2.91. The number of hydrogen-bond donors (Lipinski definition) is 0. The molecule has 0 bridgehead atoms. The number of benzene rings is 2. The van der Waals surface area contributed by atoms with Crippen molar-refractivity contribution in [2.45, 2.75) is 6.92 Å². The molecule has 0 aliphatic rings. The highest BCUT2D eigenvalue weighted by Gasteiger charge is 2.04. The maximum Gasteiger partial charge on any atom is 0.211 e. The minimum Gasteiger partial charge on any atom is -0.494 e. The summed E-state index contributed by atoms with van der Waals surface area (Å²) >= 11 is 1.60. The molecule has 0 N–H and O–H groups in total. The quantitative estimate of drug-likeness (QED) is 0.507. The summed E-state index contributed by atoms with van der Waals surface area (Å²) in [7, 11) is 1.99. The van der Waals surface area contributed by atoms with Crippen molar-refractivity contribution < 1.29 is 4.74 Å². The highest BCUT2D eigenvalue weighted by atomic mass is 32.1. The van der Waals surface area contributed by atoms with Crippen molar-refractivity contribution >= 4 is 33.8 Å². The maximum absolute atomic E-state index is 5.55. The second-order valence-electron chi connectivity index (χ2n) is 5.14. The fourth-order valence-electron chi connectivity index (χ4n) is 2.31. The first-order valence-corrected chi connectivity index (χ1v) is 8.60. The van der Waals surface area contributed by atoms with Crippen molar-refractivity contribution in [1.29, 1.82) is 0 Å². The average molecular weight is 337 g/mol. The Hall–Kier alpha value is -2.66. The molecule has 0 spiro atoms. The van der Waals surface area contributed by atoms with Crippen LogP contribution in [0.2, 0.25) is 0 Å². The molecule has 24 heavy (non-hydrogen) atoms. The van der Waals surface area contributed by atoms with E-state index in [0.717, 1.165) is 26.3 Å². The van der Waals surface area contributed by atoms with Gasteiger partial charge >= 0.3 is 0 Å². The zero-order valence-corrected chi connectivity index (χ0v) is 14.5. The van der Waals surface area contributed by atoms with E-state index in [0.29, 0.717) is 6.61 Å². The fourth-order valence-corrected chi connectivity index (χ4v) is 3.31. The van der Waals surface area contributed by atoms with Crippen molar-refractivity contribution in [3.63, 3.8) is 0 Å². The Balaban J connectivity index is 1.80. The highest BCUT2D eigenvalue weighted by molar-refractivity contribution is 7.16. The number of fused-ring (bicyclic) bond motifs is 1. The number of rotatable bonds is 5. The van der Waals surface area contributed by atoms with Gasteiger partial charge in [-0.2, -0.15) is 5.10 Å². The van der Waals surface area contributed by atoms with E-state index in [-0.39, 0.29) is 0 Å². The van der Waals surface area contributed by atoms with Crippen LogP contribution in [0, 0.1) is 0 Å². The van der Waals surface area contributed by atoms with E-state index >= 15 is 0 Å². The number of hydrogen-bond acceptors (Lipinski definition) is 4. The summed E-state index contributed by atoms with van der Waals surface area (Å²) < 4.78 is 8.72. The lowest BCUT2D eigenvalue weighted by atomic mass is 10.2. The zero-order valence-electron chi connectivity index (χ0n) is 13.7. The molecule has 5 heteroatoms. The lowest BCUT2D eigenvalue weighted by Crippen LogP contribution is -2.08. The Morgan fingerprint density at radius 3 is 2.79 bits per heavy atom. The fraction of sp³-hybridized carbons (Fsp3) is 0.158. The minimum absolute atomic E-state index is 0.665. The van der Waals surface area contributed by atoms with Crippen molar-refractivity contribution in [3.8, 4) is 5.75 Å².